The molecule has 1 unspecified atom stereocenters. The first-order valence-corrected chi connectivity index (χ1v) is 7.30. The van der Waals surface area contributed by atoms with Crippen molar-refractivity contribution in [3.05, 3.63) is 16.1 Å². The quantitative estimate of drug-likeness (QED) is 0.894. The lowest BCUT2D eigenvalue weighted by Gasteiger charge is -2.28. The lowest BCUT2D eigenvalue weighted by molar-refractivity contribution is 0.219. The maximum absolute atomic E-state index is 9.11. The molecule has 1 N–H and O–H groups in total. The van der Waals surface area contributed by atoms with Gasteiger partial charge in [0.1, 0.15) is 0 Å². The van der Waals surface area contributed by atoms with Crippen molar-refractivity contribution in [1.29, 1.82) is 0 Å². The van der Waals surface area contributed by atoms with E-state index >= 15 is 0 Å². The summed E-state index contributed by atoms with van der Waals surface area (Å²) in [5, 5.41) is 12.5. The van der Waals surface area contributed by atoms with E-state index in [1.807, 2.05) is 6.92 Å². The van der Waals surface area contributed by atoms with Crippen LogP contribution in [0, 0.1) is 5.92 Å². The van der Waals surface area contributed by atoms with Crippen molar-refractivity contribution in [2.45, 2.75) is 32.1 Å². The topological polar surface area (TPSA) is 36.4 Å². The van der Waals surface area contributed by atoms with Crippen LogP contribution in [0.4, 0.5) is 0 Å². The molecule has 1 aromatic heterocycles. The average Bonchev–Trinajstić information content (AvgIpc) is 2.80. The van der Waals surface area contributed by atoms with Gasteiger partial charge in [-0.2, -0.15) is 0 Å². The van der Waals surface area contributed by atoms with Crippen LogP contribution in [0.3, 0.4) is 0 Å². The van der Waals surface area contributed by atoms with Gasteiger partial charge >= 0.3 is 0 Å². The highest BCUT2D eigenvalue weighted by atomic mass is 32.1. The fourth-order valence-corrected chi connectivity index (χ4v) is 3.28. The van der Waals surface area contributed by atoms with Crippen LogP contribution < -0.4 is 0 Å². The zero-order valence-corrected chi connectivity index (χ0v) is 11.5. The second-order valence-electron chi connectivity index (χ2n) is 5.20. The second kappa shape index (κ2) is 5.94. The van der Waals surface area contributed by atoms with E-state index in [-0.39, 0.29) is 12.5 Å². The second-order valence-corrected chi connectivity index (χ2v) is 6.14. The van der Waals surface area contributed by atoms with Gasteiger partial charge in [-0.3, -0.25) is 0 Å². The number of hydrogen-bond acceptors (Lipinski definition) is 4. The van der Waals surface area contributed by atoms with Gasteiger partial charge in [0.05, 0.1) is 17.3 Å². The van der Waals surface area contributed by atoms with E-state index in [1.54, 1.807) is 11.3 Å². The van der Waals surface area contributed by atoms with Crippen molar-refractivity contribution in [1.82, 2.24) is 9.88 Å². The van der Waals surface area contributed by atoms with Gasteiger partial charge in [-0.1, -0.05) is 6.92 Å². The van der Waals surface area contributed by atoms with E-state index in [2.05, 4.69) is 22.3 Å². The van der Waals surface area contributed by atoms with Crippen molar-refractivity contribution in [2.24, 2.45) is 5.92 Å². The van der Waals surface area contributed by atoms with E-state index in [4.69, 9.17) is 5.11 Å². The van der Waals surface area contributed by atoms with Crippen LogP contribution in [0.25, 0.3) is 0 Å². The molecule has 17 heavy (non-hydrogen) atoms. The molecule has 0 aliphatic carbocycles. The number of aliphatic hydroxyl groups excluding tert-OH is 1. The highest BCUT2D eigenvalue weighted by Gasteiger charge is 2.18. The van der Waals surface area contributed by atoms with Gasteiger partial charge in [-0.25, -0.2) is 4.98 Å². The summed E-state index contributed by atoms with van der Waals surface area (Å²) < 4.78 is 0. The van der Waals surface area contributed by atoms with Crippen LogP contribution in [0.2, 0.25) is 0 Å². The molecule has 0 radical (unpaired) electrons. The molecule has 0 aromatic carbocycles. The zero-order valence-electron chi connectivity index (χ0n) is 10.7. The first-order valence-electron chi connectivity index (χ1n) is 6.42. The Morgan fingerprint density at radius 3 is 2.88 bits per heavy atom. The van der Waals surface area contributed by atoms with E-state index < -0.39 is 0 Å². The normalized spacial score (nSPS) is 20.6. The summed E-state index contributed by atoms with van der Waals surface area (Å²) in [6.45, 7) is 4.65. The predicted octanol–water partition coefficient (Wildman–Crippen LogP) is 2.12. The Hall–Kier alpha value is -0.450. The lowest BCUT2D eigenvalue weighted by atomic mass is 9.94. The minimum atomic E-state index is 0.178. The van der Waals surface area contributed by atoms with Gasteiger partial charge in [0.15, 0.2) is 0 Å². The molecule has 0 saturated carbocycles. The summed E-state index contributed by atoms with van der Waals surface area (Å²) >= 11 is 1.75. The van der Waals surface area contributed by atoms with E-state index in [1.165, 1.54) is 30.9 Å². The molecule has 0 spiro atoms. The summed E-state index contributed by atoms with van der Waals surface area (Å²) in [5.74, 6) is 0.979. The van der Waals surface area contributed by atoms with Crippen LogP contribution in [0.5, 0.6) is 0 Å². The van der Waals surface area contributed by atoms with E-state index in [0.29, 0.717) is 0 Å². The van der Waals surface area contributed by atoms with Crippen LogP contribution in [0.1, 0.15) is 36.4 Å². The third-order valence-corrected chi connectivity index (χ3v) is 4.54. The van der Waals surface area contributed by atoms with Gasteiger partial charge < -0.3 is 10.0 Å². The Balaban J connectivity index is 1.88. The number of hydrogen-bond donors (Lipinski definition) is 1. The van der Waals surface area contributed by atoms with Gasteiger partial charge in [0.25, 0.3) is 0 Å². The Labute approximate surface area is 107 Å². The minimum absolute atomic E-state index is 0.178. The van der Waals surface area contributed by atoms with E-state index in [9.17, 15) is 0 Å². The number of aliphatic hydroxyl groups is 1. The van der Waals surface area contributed by atoms with Crippen molar-refractivity contribution in [3.63, 3.8) is 0 Å². The van der Waals surface area contributed by atoms with Gasteiger partial charge in [0, 0.05) is 17.7 Å². The molecule has 1 aromatic rings. The maximum Gasteiger partial charge on any atom is 0.0931 e. The largest absolute Gasteiger partial charge is 0.396 e. The third-order valence-electron chi connectivity index (χ3n) is 3.65. The Bertz CT molecular complexity index is 345. The highest BCUT2D eigenvalue weighted by molar-refractivity contribution is 7.09. The standard InChI is InChI=1S/C13H22N2OS/c1-10(8-16)12-9-17-13(14-12)7-11-3-5-15(2)6-4-11/h9-11,16H,3-8H2,1-2H3. The van der Waals surface area contributed by atoms with Crippen LogP contribution in [0.15, 0.2) is 5.38 Å². The Morgan fingerprint density at radius 2 is 2.24 bits per heavy atom. The summed E-state index contributed by atoms with van der Waals surface area (Å²) in [6, 6.07) is 0. The number of piperidine rings is 1. The molecule has 2 rings (SSSR count). The van der Waals surface area contributed by atoms with Crippen LogP contribution >= 0.6 is 11.3 Å². The van der Waals surface area contributed by atoms with Crippen molar-refractivity contribution in [3.8, 4) is 0 Å². The van der Waals surface area contributed by atoms with E-state index in [0.717, 1.165) is 18.0 Å². The molecular weight excluding hydrogens is 232 g/mol. The zero-order chi connectivity index (χ0) is 12.3. The molecule has 0 amide bonds. The molecule has 1 aliphatic heterocycles. The highest BCUT2D eigenvalue weighted by Crippen LogP contribution is 2.24. The first-order chi connectivity index (χ1) is 8.19. The summed E-state index contributed by atoms with van der Waals surface area (Å²) in [4.78, 5) is 7.04. The molecular formula is C13H22N2OS. The van der Waals surface area contributed by atoms with Crippen molar-refractivity contribution < 1.29 is 5.11 Å². The number of thiazole rings is 1. The summed E-state index contributed by atoms with van der Waals surface area (Å²) in [7, 11) is 2.20. The maximum atomic E-state index is 9.11. The molecule has 1 atom stereocenters. The minimum Gasteiger partial charge on any atom is -0.396 e. The molecule has 1 fully saturated rings. The van der Waals surface area contributed by atoms with Gasteiger partial charge in [-0.15, -0.1) is 11.3 Å². The van der Waals surface area contributed by atoms with Gasteiger partial charge in [0.2, 0.25) is 0 Å². The fourth-order valence-electron chi connectivity index (χ4n) is 2.25. The monoisotopic (exact) mass is 254 g/mol. The fraction of sp³-hybridized carbons (Fsp3) is 0.769. The number of likely N-dealkylation sites (tertiary alicyclic amines) is 1. The molecule has 2 heterocycles. The summed E-state index contributed by atoms with van der Waals surface area (Å²) in [5.41, 5.74) is 1.06. The van der Waals surface area contributed by atoms with Crippen molar-refractivity contribution >= 4 is 11.3 Å². The number of nitrogens with zero attached hydrogens (tertiary/aromatic N) is 2. The molecule has 3 nitrogen and oxygen atoms in total. The first kappa shape index (κ1) is 13.0. The molecule has 96 valence electrons. The SMILES string of the molecule is CC(CO)c1csc(CC2CCN(C)CC2)n1. The van der Waals surface area contributed by atoms with Gasteiger partial charge in [-0.05, 0) is 38.9 Å². The molecule has 1 aliphatic rings. The molecule has 4 heteroatoms. The van der Waals surface area contributed by atoms with Crippen LogP contribution in [-0.2, 0) is 6.42 Å². The Morgan fingerprint density at radius 1 is 1.53 bits per heavy atom. The Kier molecular flexibility index (Phi) is 4.54. The predicted molar refractivity (Wildman–Crippen MR) is 71.5 cm³/mol. The number of aromatic nitrogens is 1. The third kappa shape index (κ3) is 3.50. The smallest absolute Gasteiger partial charge is 0.0931 e. The van der Waals surface area contributed by atoms with Crippen molar-refractivity contribution in [2.75, 3.05) is 26.7 Å². The average molecular weight is 254 g/mol. The lowest BCUT2D eigenvalue weighted by Crippen LogP contribution is -2.30. The summed E-state index contributed by atoms with van der Waals surface area (Å²) in [6.07, 6.45) is 3.71. The van der Waals surface area contributed by atoms with Crippen LogP contribution in [-0.4, -0.2) is 41.7 Å². The number of rotatable bonds is 4. The molecule has 0 bridgehead atoms. The molecule has 1 saturated heterocycles.